The molecule has 0 spiro atoms. The van der Waals surface area contributed by atoms with Gasteiger partial charge in [0.15, 0.2) is 11.5 Å². The molecule has 1 heterocycles. The summed E-state index contributed by atoms with van der Waals surface area (Å²) in [6.45, 7) is 1.89. The van der Waals surface area contributed by atoms with Crippen molar-refractivity contribution in [3.05, 3.63) is 24.0 Å². The lowest BCUT2D eigenvalue weighted by molar-refractivity contribution is 0.156. The molecule has 0 aromatic heterocycles. The Kier molecular flexibility index (Phi) is 3.62. The van der Waals surface area contributed by atoms with Crippen molar-refractivity contribution in [1.82, 2.24) is 5.32 Å². The largest absolute Gasteiger partial charge is 0.493 e. The number of hydrogen-bond acceptors (Lipinski definition) is 3. The molecule has 0 amide bonds. The summed E-state index contributed by atoms with van der Waals surface area (Å²) in [6, 6.07) is 4.33. The first-order valence-corrected chi connectivity index (χ1v) is 5.50. The molecule has 0 radical (unpaired) electrons. The molecule has 88 valence electrons. The quantitative estimate of drug-likeness (QED) is 0.853. The van der Waals surface area contributed by atoms with Crippen LogP contribution in [0.15, 0.2) is 18.2 Å². The van der Waals surface area contributed by atoms with Gasteiger partial charge in [0.1, 0.15) is 11.9 Å². The van der Waals surface area contributed by atoms with Crippen LogP contribution in [0.2, 0.25) is 0 Å². The molecule has 4 heteroatoms. The number of benzene rings is 1. The average Bonchev–Trinajstić information content (AvgIpc) is 2.31. The Balaban J connectivity index is 2.09. The average molecular weight is 225 g/mol. The van der Waals surface area contributed by atoms with Crippen LogP contribution in [0.4, 0.5) is 4.39 Å². The molecule has 0 bridgehead atoms. The molecule has 0 atom stereocenters. The molecule has 3 nitrogen and oxygen atoms in total. The fourth-order valence-electron chi connectivity index (χ4n) is 1.84. The highest BCUT2D eigenvalue weighted by atomic mass is 19.1. The van der Waals surface area contributed by atoms with Crippen LogP contribution < -0.4 is 14.8 Å². The minimum absolute atomic E-state index is 0.150. The smallest absolute Gasteiger partial charge is 0.164 e. The number of ether oxygens (including phenoxy) is 2. The van der Waals surface area contributed by atoms with Gasteiger partial charge in [-0.2, -0.15) is 0 Å². The summed E-state index contributed by atoms with van der Waals surface area (Å²) in [6.07, 6.45) is 2.04. The molecule has 1 aromatic carbocycles. The molecule has 2 rings (SSSR count). The van der Waals surface area contributed by atoms with Crippen molar-refractivity contribution in [2.24, 2.45) is 0 Å². The summed E-state index contributed by atoms with van der Waals surface area (Å²) in [7, 11) is 1.56. The number of rotatable bonds is 3. The van der Waals surface area contributed by atoms with Crippen molar-refractivity contribution in [3.8, 4) is 11.5 Å². The Hall–Kier alpha value is -1.29. The highest BCUT2D eigenvalue weighted by Crippen LogP contribution is 2.29. The van der Waals surface area contributed by atoms with E-state index in [9.17, 15) is 4.39 Å². The number of halogens is 1. The van der Waals surface area contributed by atoms with Crippen LogP contribution in [-0.4, -0.2) is 26.3 Å². The predicted molar refractivity (Wildman–Crippen MR) is 59.5 cm³/mol. The zero-order chi connectivity index (χ0) is 11.4. The van der Waals surface area contributed by atoms with Crippen LogP contribution in [0.3, 0.4) is 0 Å². The van der Waals surface area contributed by atoms with E-state index in [1.54, 1.807) is 13.2 Å². The lowest BCUT2D eigenvalue weighted by atomic mass is 10.1. The lowest BCUT2D eigenvalue weighted by Crippen LogP contribution is -2.34. The van der Waals surface area contributed by atoms with Gasteiger partial charge in [-0.05, 0) is 38.1 Å². The van der Waals surface area contributed by atoms with Crippen molar-refractivity contribution in [1.29, 1.82) is 0 Å². The van der Waals surface area contributed by atoms with Crippen LogP contribution in [0.25, 0.3) is 0 Å². The van der Waals surface area contributed by atoms with E-state index in [0.717, 1.165) is 25.9 Å². The van der Waals surface area contributed by atoms with Crippen molar-refractivity contribution in [2.45, 2.75) is 18.9 Å². The standard InChI is InChI=1S/C12H16FNO2/c1-15-11-3-2-9(13)8-12(11)16-10-4-6-14-7-5-10/h2-3,8,10,14H,4-7H2,1H3. The van der Waals surface area contributed by atoms with Gasteiger partial charge in [-0.15, -0.1) is 0 Å². The van der Waals surface area contributed by atoms with E-state index < -0.39 is 0 Å². The van der Waals surface area contributed by atoms with E-state index in [1.165, 1.54) is 12.1 Å². The van der Waals surface area contributed by atoms with Gasteiger partial charge in [0.2, 0.25) is 0 Å². The highest BCUT2D eigenvalue weighted by molar-refractivity contribution is 5.40. The summed E-state index contributed by atoms with van der Waals surface area (Å²) < 4.78 is 24.0. The molecule has 1 aliphatic heterocycles. The maximum Gasteiger partial charge on any atom is 0.164 e. The molecule has 0 aliphatic carbocycles. The first kappa shape index (κ1) is 11.2. The molecule has 1 aromatic rings. The van der Waals surface area contributed by atoms with Gasteiger partial charge in [0, 0.05) is 6.07 Å². The Morgan fingerprint density at radius 3 is 2.69 bits per heavy atom. The van der Waals surface area contributed by atoms with Crippen molar-refractivity contribution in [2.75, 3.05) is 20.2 Å². The van der Waals surface area contributed by atoms with E-state index in [2.05, 4.69) is 5.32 Å². The number of piperidine rings is 1. The zero-order valence-corrected chi connectivity index (χ0v) is 9.33. The van der Waals surface area contributed by atoms with Crippen LogP contribution in [0, 0.1) is 5.82 Å². The first-order valence-electron chi connectivity index (χ1n) is 5.50. The van der Waals surface area contributed by atoms with E-state index in [-0.39, 0.29) is 11.9 Å². The maximum absolute atomic E-state index is 13.1. The molecule has 1 fully saturated rings. The van der Waals surface area contributed by atoms with Gasteiger partial charge < -0.3 is 14.8 Å². The molecular weight excluding hydrogens is 209 g/mol. The monoisotopic (exact) mass is 225 g/mol. The van der Waals surface area contributed by atoms with Crippen molar-refractivity contribution in [3.63, 3.8) is 0 Å². The van der Waals surface area contributed by atoms with Gasteiger partial charge in [-0.3, -0.25) is 0 Å². The van der Waals surface area contributed by atoms with Gasteiger partial charge in [-0.25, -0.2) is 4.39 Å². The molecule has 16 heavy (non-hydrogen) atoms. The fraction of sp³-hybridized carbons (Fsp3) is 0.500. The lowest BCUT2D eigenvalue weighted by Gasteiger charge is -2.24. The molecular formula is C12H16FNO2. The second kappa shape index (κ2) is 5.16. The van der Waals surface area contributed by atoms with Crippen LogP contribution in [-0.2, 0) is 0 Å². The Bertz CT molecular complexity index is 351. The van der Waals surface area contributed by atoms with Crippen molar-refractivity contribution < 1.29 is 13.9 Å². The number of hydrogen-bond donors (Lipinski definition) is 1. The van der Waals surface area contributed by atoms with Crippen LogP contribution in [0.1, 0.15) is 12.8 Å². The zero-order valence-electron chi connectivity index (χ0n) is 9.33. The summed E-state index contributed by atoms with van der Waals surface area (Å²) in [5.74, 6) is 0.777. The van der Waals surface area contributed by atoms with Gasteiger partial charge >= 0.3 is 0 Å². The molecule has 0 unspecified atom stereocenters. The predicted octanol–water partition coefficient (Wildman–Crippen LogP) is 1.97. The summed E-state index contributed by atoms with van der Waals surface area (Å²) in [5.41, 5.74) is 0. The second-order valence-electron chi connectivity index (χ2n) is 3.86. The van der Waals surface area contributed by atoms with Gasteiger partial charge in [0.05, 0.1) is 7.11 Å². The molecule has 0 saturated carbocycles. The fourth-order valence-corrected chi connectivity index (χ4v) is 1.84. The molecule has 1 aliphatic rings. The van der Waals surface area contributed by atoms with Gasteiger partial charge in [0.25, 0.3) is 0 Å². The summed E-state index contributed by atoms with van der Waals surface area (Å²) in [4.78, 5) is 0. The first-order chi connectivity index (χ1) is 7.79. The second-order valence-corrected chi connectivity index (χ2v) is 3.86. The molecule has 1 N–H and O–H groups in total. The third-order valence-electron chi connectivity index (χ3n) is 2.71. The summed E-state index contributed by atoms with van der Waals surface area (Å²) in [5, 5.41) is 3.26. The van der Waals surface area contributed by atoms with Gasteiger partial charge in [-0.1, -0.05) is 0 Å². The minimum atomic E-state index is -0.301. The van der Waals surface area contributed by atoms with Crippen molar-refractivity contribution >= 4 is 0 Å². The Morgan fingerprint density at radius 1 is 1.25 bits per heavy atom. The number of methoxy groups -OCH3 is 1. The third-order valence-corrected chi connectivity index (χ3v) is 2.71. The van der Waals surface area contributed by atoms with E-state index in [1.807, 2.05) is 0 Å². The highest BCUT2D eigenvalue weighted by Gasteiger charge is 2.16. The van der Waals surface area contributed by atoms with E-state index >= 15 is 0 Å². The SMILES string of the molecule is COc1ccc(F)cc1OC1CCNCC1. The minimum Gasteiger partial charge on any atom is -0.493 e. The van der Waals surface area contributed by atoms with E-state index in [0.29, 0.717) is 11.5 Å². The topological polar surface area (TPSA) is 30.5 Å². The third kappa shape index (κ3) is 2.64. The van der Waals surface area contributed by atoms with Crippen LogP contribution in [0.5, 0.6) is 11.5 Å². The Labute approximate surface area is 94.6 Å². The van der Waals surface area contributed by atoms with E-state index in [4.69, 9.17) is 9.47 Å². The normalized spacial score (nSPS) is 17.1. The number of nitrogens with one attached hydrogen (secondary N) is 1. The summed E-state index contributed by atoms with van der Waals surface area (Å²) >= 11 is 0. The Morgan fingerprint density at radius 2 is 2.00 bits per heavy atom. The molecule has 1 saturated heterocycles. The maximum atomic E-state index is 13.1. The van der Waals surface area contributed by atoms with Crippen LogP contribution >= 0.6 is 0 Å².